The molecule has 0 saturated heterocycles. The molecule has 1 amide bonds. The van der Waals surface area contributed by atoms with E-state index in [2.05, 4.69) is 10.4 Å². The Morgan fingerprint density at radius 3 is 2.59 bits per heavy atom. The minimum absolute atomic E-state index is 0.273. The summed E-state index contributed by atoms with van der Waals surface area (Å²) in [6.07, 6.45) is -0.710. The molecule has 2 rings (SSSR count). The molecule has 0 fully saturated rings. The Morgan fingerprint density at radius 2 is 2.05 bits per heavy atom. The van der Waals surface area contributed by atoms with Gasteiger partial charge in [-0.15, -0.1) is 0 Å². The maximum absolute atomic E-state index is 12.3. The molecule has 1 N–H and O–H groups in total. The van der Waals surface area contributed by atoms with Crippen LogP contribution in [0.3, 0.4) is 0 Å². The van der Waals surface area contributed by atoms with Gasteiger partial charge in [0, 0.05) is 12.1 Å². The molecule has 0 bridgehead atoms. The SMILES string of the molecule is Cc1nn(C)c(C)c1NC(=O)[C@H](C)Oc1ccc(Cl)cc1Cl. The summed E-state index contributed by atoms with van der Waals surface area (Å²) in [7, 11) is 1.82. The summed E-state index contributed by atoms with van der Waals surface area (Å²) < 4.78 is 7.31. The molecule has 0 aliphatic rings. The normalized spacial score (nSPS) is 12.1. The predicted octanol–water partition coefficient (Wildman–Crippen LogP) is 3.75. The second kappa shape index (κ2) is 6.58. The van der Waals surface area contributed by atoms with Gasteiger partial charge in [-0.2, -0.15) is 5.10 Å². The largest absolute Gasteiger partial charge is 0.479 e. The van der Waals surface area contributed by atoms with E-state index in [9.17, 15) is 4.79 Å². The van der Waals surface area contributed by atoms with Crippen LogP contribution in [0.2, 0.25) is 10.0 Å². The average molecular weight is 342 g/mol. The number of benzene rings is 1. The van der Waals surface area contributed by atoms with Crippen LogP contribution in [0, 0.1) is 13.8 Å². The standard InChI is InChI=1S/C15H17Cl2N3O2/c1-8-14(9(2)20(4)19-8)18-15(21)10(3)22-13-6-5-11(16)7-12(13)17/h5-7,10H,1-4H3,(H,18,21)/t10-/m0/s1. The molecule has 1 atom stereocenters. The smallest absolute Gasteiger partial charge is 0.265 e. The van der Waals surface area contributed by atoms with Crippen molar-refractivity contribution in [2.24, 2.45) is 7.05 Å². The van der Waals surface area contributed by atoms with Crippen molar-refractivity contribution < 1.29 is 9.53 Å². The van der Waals surface area contributed by atoms with Gasteiger partial charge in [0.05, 0.1) is 22.1 Å². The highest BCUT2D eigenvalue weighted by Gasteiger charge is 2.19. The number of amides is 1. The van der Waals surface area contributed by atoms with E-state index in [4.69, 9.17) is 27.9 Å². The molecule has 0 aliphatic heterocycles. The zero-order valence-electron chi connectivity index (χ0n) is 12.8. The molecule has 2 aromatic rings. The number of halogens is 2. The van der Waals surface area contributed by atoms with Crippen molar-refractivity contribution in [1.29, 1.82) is 0 Å². The summed E-state index contributed by atoms with van der Waals surface area (Å²) in [6, 6.07) is 4.86. The Bertz CT molecular complexity index is 713. The van der Waals surface area contributed by atoms with Gasteiger partial charge in [-0.05, 0) is 39.0 Å². The Balaban J connectivity index is 2.09. The number of aryl methyl sites for hydroxylation is 2. The quantitative estimate of drug-likeness (QED) is 0.921. The van der Waals surface area contributed by atoms with Crippen molar-refractivity contribution in [3.05, 3.63) is 39.6 Å². The fourth-order valence-corrected chi connectivity index (χ4v) is 2.45. The number of rotatable bonds is 4. The summed E-state index contributed by atoms with van der Waals surface area (Å²) in [6.45, 7) is 5.38. The zero-order valence-corrected chi connectivity index (χ0v) is 14.3. The molecule has 118 valence electrons. The van der Waals surface area contributed by atoms with Gasteiger partial charge < -0.3 is 10.1 Å². The average Bonchev–Trinajstić information content (AvgIpc) is 2.68. The van der Waals surface area contributed by atoms with E-state index in [1.807, 2.05) is 20.9 Å². The van der Waals surface area contributed by atoms with Crippen molar-refractivity contribution in [3.8, 4) is 5.75 Å². The highest BCUT2D eigenvalue weighted by atomic mass is 35.5. The molecule has 1 aromatic heterocycles. The van der Waals surface area contributed by atoms with E-state index in [0.717, 1.165) is 11.4 Å². The summed E-state index contributed by atoms with van der Waals surface area (Å²) in [5.41, 5.74) is 2.33. The van der Waals surface area contributed by atoms with Gasteiger partial charge in [-0.3, -0.25) is 9.48 Å². The summed E-state index contributed by atoms with van der Waals surface area (Å²) in [5, 5.41) is 7.96. The monoisotopic (exact) mass is 341 g/mol. The lowest BCUT2D eigenvalue weighted by Gasteiger charge is -2.16. The van der Waals surface area contributed by atoms with Crippen LogP contribution in [0.4, 0.5) is 5.69 Å². The minimum Gasteiger partial charge on any atom is -0.479 e. The van der Waals surface area contributed by atoms with E-state index in [-0.39, 0.29) is 5.91 Å². The molecule has 0 radical (unpaired) electrons. The molecular weight excluding hydrogens is 325 g/mol. The Labute approximate surface area is 139 Å². The van der Waals surface area contributed by atoms with Crippen molar-refractivity contribution in [1.82, 2.24) is 9.78 Å². The lowest BCUT2D eigenvalue weighted by Crippen LogP contribution is -2.30. The minimum atomic E-state index is -0.710. The third-order valence-corrected chi connectivity index (χ3v) is 3.85. The third-order valence-electron chi connectivity index (χ3n) is 3.32. The van der Waals surface area contributed by atoms with Gasteiger partial charge in [0.2, 0.25) is 0 Å². The van der Waals surface area contributed by atoms with Gasteiger partial charge >= 0.3 is 0 Å². The molecule has 0 aliphatic carbocycles. The van der Waals surface area contributed by atoms with Gasteiger partial charge in [0.15, 0.2) is 6.10 Å². The second-order valence-electron chi connectivity index (χ2n) is 4.99. The fraction of sp³-hybridized carbons (Fsp3) is 0.333. The van der Waals surface area contributed by atoms with Gasteiger partial charge in [-0.1, -0.05) is 23.2 Å². The number of ether oxygens (including phenoxy) is 1. The molecule has 5 nitrogen and oxygen atoms in total. The third kappa shape index (κ3) is 3.54. The van der Waals surface area contributed by atoms with Crippen LogP contribution in [0.15, 0.2) is 18.2 Å². The number of hydrogen-bond donors (Lipinski definition) is 1. The van der Waals surface area contributed by atoms with Gasteiger partial charge in [0.1, 0.15) is 5.75 Å². The van der Waals surface area contributed by atoms with E-state index in [1.54, 1.807) is 29.8 Å². The van der Waals surface area contributed by atoms with Crippen molar-refractivity contribution in [3.63, 3.8) is 0 Å². The zero-order chi connectivity index (χ0) is 16.4. The van der Waals surface area contributed by atoms with E-state index < -0.39 is 6.10 Å². The fourth-order valence-electron chi connectivity index (χ4n) is 1.99. The van der Waals surface area contributed by atoms with Crippen LogP contribution in [0.5, 0.6) is 5.75 Å². The lowest BCUT2D eigenvalue weighted by molar-refractivity contribution is -0.122. The molecule has 1 heterocycles. The maximum Gasteiger partial charge on any atom is 0.265 e. The number of hydrogen-bond acceptors (Lipinski definition) is 3. The Kier molecular flexibility index (Phi) is 4.98. The van der Waals surface area contributed by atoms with Crippen LogP contribution in [0.25, 0.3) is 0 Å². The second-order valence-corrected chi connectivity index (χ2v) is 5.84. The number of aromatic nitrogens is 2. The highest BCUT2D eigenvalue weighted by molar-refractivity contribution is 6.35. The number of carbonyl (C=O) groups is 1. The van der Waals surface area contributed by atoms with E-state index in [0.29, 0.717) is 21.5 Å². The van der Waals surface area contributed by atoms with E-state index >= 15 is 0 Å². The van der Waals surface area contributed by atoms with E-state index in [1.165, 1.54) is 0 Å². The molecule has 0 unspecified atom stereocenters. The van der Waals surface area contributed by atoms with Crippen molar-refractivity contribution in [2.45, 2.75) is 26.9 Å². The number of anilines is 1. The molecule has 22 heavy (non-hydrogen) atoms. The van der Waals surface area contributed by atoms with Gasteiger partial charge in [0.25, 0.3) is 5.91 Å². The molecule has 1 aromatic carbocycles. The van der Waals surface area contributed by atoms with Gasteiger partial charge in [-0.25, -0.2) is 0 Å². The van der Waals surface area contributed by atoms with Crippen molar-refractivity contribution >= 4 is 34.8 Å². The molecule has 0 spiro atoms. The highest BCUT2D eigenvalue weighted by Crippen LogP contribution is 2.28. The topological polar surface area (TPSA) is 56.2 Å². The Hall–Kier alpha value is -1.72. The first kappa shape index (κ1) is 16.6. The number of nitrogens with zero attached hydrogens (tertiary/aromatic N) is 2. The van der Waals surface area contributed by atoms with Crippen LogP contribution in [-0.4, -0.2) is 21.8 Å². The van der Waals surface area contributed by atoms with Crippen LogP contribution in [0.1, 0.15) is 18.3 Å². The first-order valence-electron chi connectivity index (χ1n) is 6.72. The predicted molar refractivity (Wildman–Crippen MR) is 87.9 cm³/mol. The first-order valence-corrected chi connectivity index (χ1v) is 7.48. The number of nitrogens with one attached hydrogen (secondary N) is 1. The maximum atomic E-state index is 12.3. The molecule has 7 heteroatoms. The van der Waals surface area contributed by atoms with Crippen LogP contribution in [-0.2, 0) is 11.8 Å². The van der Waals surface area contributed by atoms with Crippen molar-refractivity contribution in [2.75, 3.05) is 5.32 Å². The first-order chi connectivity index (χ1) is 10.3. The number of carbonyl (C=O) groups excluding carboxylic acids is 1. The summed E-state index contributed by atoms with van der Waals surface area (Å²) in [5.74, 6) is 0.138. The molecule has 0 saturated carbocycles. The van der Waals surface area contributed by atoms with Crippen LogP contribution < -0.4 is 10.1 Å². The molecular formula is C15H17Cl2N3O2. The Morgan fingerprint density at radius 1 is 1.36 bits per heavy atom. The summed E-state index contributed by atoms with van der Waals surface area (Å²) in [4.78, 5) is 12.3. The lowest BCUT2D eigenvalue weighted by atomic mass is 10.3. The van der Waals surface area contributed by atoms with Crippen LogP contribution >= 0.6 is 23.2 Å². The summed E-state index contributed by atoms with van der Waals surface area (Å²) >= 11 is 11.9.